The van der Waals surface area contributed by atoms with Gasteiger partial charge < -0.3 is 0 Å². The normalized spacial score (nSPS) is 18.8. The van der Waals surface area contributed by atoms with Gasteiger partial charge in [0.25, 0.3) is 5.91 Å². The molecule has 3 aromatic rings. The Labute approximate surface area is 206 Å². The highest BCUT2D eigenvalue weighted by Gasteiger charge is 2.36. The zero-order valence-corrected chi connectivity index (χ0v) is 20.1. The van der Waals surface area contributed by atoms with Gasteiger partial charge in [0.1, 0.15) is 10.7 Å². The van der Waals surface area contributed by atoms with E-state index in [0.717, 1.165) is 58.9 Å². The summed E-state index contributed by atoms with van der Waals surface area (Å²) in [5.74, 6) is 0.279. The second-order valence-electron chi connectivity index (χ2n) is 9.05. The molecule has 0 aliphatic carbocycles. The molecule has 1 aromatic carbocycles. The number of hydrogen-bond acceptors (Lipinski definition) is 7. The maximum absolute atomic E-state index is 12.9. The van der Waals surface area contributed by atoms with Crippen molar-refractivity contribution in [1.29, 1.82) is 0 Å². The Morgan fingerprint density at radius 2 is 1.94 bits per heavy atom. The van der Waals surface area contributed by atoms with E-state index in [-0.39, 0.29) is 24.8 Å². The first-order valence-corrected chi connectivity index (χ1v) is 12.5. The van der Waals surface area contributed by atoms with Gasteiger partial charge in [-0.1, -0.05) is 18.2 Å². The van der Waals surface area contributed by atoms with Crippen LogP contribution in [0.4, 0.5) is 4.79 Å². The number of hydrogen-bond donors (Lipinski definition) is 1. The number of nitrogens with one attached hydrogen (secondary N) is 1. The second-order valence-corrected chi connectivity index (χ2v) is 9.95. The minimum Gasteiger partial charge on any atom is -0.295 e. The average Bonchev–Trinajstić information content (AvgIpc) is 3.43. The minimum absolute atomic E-state index is 0.189. The van der Waals surface area contributed by atoms with Gasteiger partial charge in [-0.3, -0.25) is 19.8 Å². The van der Waals surface area contributed by atoms with Crippen molar-refractivity contribution >= 4 is 45.0 Å². The number of carbonyl (C=O) groups is 3. The Balaban J connectivity index is 1.15. The Bertz CT molecular complexity index is 1410. The third-order valence-corrected chi connectivity index (χ3v) is 7.52. The van der Waals surface area contributed by atoms with E-state index in [4.69, 9.17) is 4.98 Å². The first kappa shape index (κ1) is 21.9. The van der Waals surface area contributed by atoms with Crippen molar-refractivity contribution in [2.24, 2.45) is 0 Å². The van der Waals surface area contributed by atoms with E-state index in [9.17, 15) is 14.4 Å². The number of rotatable bonds is 4. The van der Waals surface area contributed by atoms with Crippen molar-refractivity contribution in [3.63, 3.8) is 0 Å². The number of hydrazine groups is 1. The summed E-state index contributed by atoms with van der Waals surface area (Å²) in [6.45, 7) is 5.01. The molecule has 6 rings (SSSR count). The Hall–Kier alpha value is -3.63. The van der Waals surface area contributed by atoms with E-state index < -0.39 is 6.03 Å². The minimum atomic E-state index is -0.544. The molecular formula is C25H24N6O3S. The predicted octanol–water partition coefficient (Wildman–Crippen LogP) is 3.10. The molecule has 0 saturated carbocycles. The number of urea groups is 1. The van der Waals surface area contributed by atoms with Gasteiger partial charge in [0.05, 0.1) is 18.8 Å². The summed E-state index contributed by atoms with van der Waals surface area (Å²) >= 11 is 1.64. The zero-order chi connectivity index (χ0) is 24.1. The smallest absolute Gasteiger partial charge is 0.295 e. The van der Waals surface area contributed by atoms with E-state index >= 15 is 0 Å². The molecule has 1 saturated heterocycles. The first-order valence-electron chi connectivity index (χ1n) is 11.6. The summed E-state index contributed by atoms with van der Waals surface area (Å²) in [5, 5.41) is 8.23. The van der Waals surface area contributed by atoms with Gasteiger partial charge in [0.2, 0.25) is 5.91 Å². The molecule has 0 unspecified atom stereocenters. The Kier molecular flexibility index (Phi) is 5.34. The van der Waals surface area contributed by atoms with Crippen molar-refractivity contribution in [2.75, 3.05) is 19.6 Å². The number of fused-ring (bicyclic) bond motifs is 2. The van der Waals surface area contributed by atoms with E-state index in [0.29, 0.717) is 12.1 Å². The molecule has 1 fully saturated rings. The molecule has 2 aromatic heterocycles. The summed E-state index contributed by atoms with van der Waals surface area (Å²) < 4.78 is 0. The average molecular weight is 489 g/mol. The van der Waals surface area contributed by atoms with Crippen LogP contribution in [0.5, 0.6) is 0 Å². The van der Waals surface area contributed by atoms with Crippen LogP contribution in [0.1, 0.15) is 45.8 Å². The van der Waals surface area contributed by atoms with Crippen molar-refractivity contribution in [2.45, 2.75) is 32.9 Å². The molecule has 4 amide bonds. The monoisotopic (exact) mass is 488 g/mol. The predicted molar refractivity (Wildman–Crippen MR) is 131 cm³/mol. The van der Waals surface area contributed by atoms with Gasteiger partial charge in [0.15, 0.2) is 0 Å². The number of imide groups is 1. The van der Waals surface area contributed by atoms with Gasteiger partial charge in [-0.2, -0.15) is 0 Å². The molecular weight excluding hydrogens is 464 g/mol. The molecule has 3 aliphatic rings. The van der Waals surface area contributed by atoms with Crippen LogP contribution in [-0.2, 0) is 17.9 Å². The summed E-state index contributed by atoms with van der Waals surface area (Å²) in [5.41, 5.74) is 4.96. The van der Waals surface area contributed by atoms with E-state index in [1.807, 2.05) is 19.1 Å². The van der Waals surface area contributed by atoms with Crippen LogP contribution in [0.15, 0.2) is 35.7 Å². The molecule has 0 spiro atoms. The highest BCUT2D eigenvalue weighted by atomic mass is 32.1. The highest BCUT2D eigenvalue weighted by molar-refractivity contribution is 7.16. The molecule has 0 atom stereocenters. The lowest BCUT2D eigenvalue weighted by molar-refractivity contribution is -0.123. The van der Waals surface area contributed by atoms with Crippen molar-refractivity contribution in [1.82, 2.24) is 30.2 Å². The van der Waals surface area contributed by atoms with E-state index in [2.05, 4.69) is 38.8 Å². The lowest BCUT2D eigenvalue weighted by Gasteiger charge is -2.33. The molecule has 5 heterocycles. The number of aromatic nitrogens is 2. The third kappa shape index (κ3) is 3.98. The third-order valence-electron chi connectivity index (χ3n) is 6.72. The number of benzene rings is 1. The lowest BCUT2D eigenvalue weighted by atomic mass is 10.0. The van der Waals surface area contributed by atoms with Gasteiger partial charge >= 0.3 is 6.03 Å². The van der Waals surface area contributed by atoms with Crippen LogP contribution in [0, 0.1) is 6.92 Å². The lowest BCUT2D eigenvalue weighted by Crippen LogP contribution is -2.56. The molecule has 10 heteroatoms. The van der Waals surface area contributed by atoms with Crippen molar-refractivity contribution in [3.05, 3.63) is 63.9 Å². The summed E-state index contributed by atoms with van der Waals surface area (Å²) in [6, 6.07) is 7.45. The molecule has 3 aliphatic heterocycles. The van der Waals surface area contributed by atoms with Crippen LogP contribution < -0.4 is 5.32 Å². The maximum atomic E-state index is 12.9. The maximum Gasteiger partial charge on any atom is 0.342 e. The molecule has 178 valence electrons. The van der Waals surface area contributed by atoms with Crippen LogP contribution in [0.2, 0.25) is 0 Å². The highest BCUT2D eigenvalue weighted by Crippen LogP contribution is 2.31. The zero-order valence-electron chi connectivity index (χ0n) is 19.3. The van der Waals surface area contributed by atoms with E-state index in [1.165, 1.54) is 15.6 Å². The fraction of sp³-hybridized carbons (Fsp3) is 0.320. The molecule has 0 bridgehead atoms. The number of carbonyl (C=O) groups excluding carboxylic acids is 3. The fourth-order valence-electron chi connectivity index (χ4n) is 4.97. The van der Waals surface area contributed by atoms with Gasteiger partial charge in [-0.05, 0) is 47.6 Å². The number of thiophene rings is 1. The fourth-order valence-corrected chi connectivity index (χ4v) is 5.78. The summed E-state index contributed by atoms with van der Waals surface area (Å²) in [7, 11) is 0. The molecule has 1 N–H and O–H groups in total. The molecule has 9 nitrogen and oxygen atoms in total. The van der Waals surface area contributed by atoms with Crippen LogP contribution in [0.3, 0.4) is 0 Å². The summed E-state index contributed by atoms with van der Waals surface area (Å²) in [4.78, 5) is 49.2. The van der Waals surface area contributed by atoms with Gasteiger partial charge in [-0.15, -0.1) is 11.3 Å². The van der Waals surface area contributed by atoms with Crippen LogP contribution in [-0.4, -0.2) is 62.4 Å². The quantitative estimate of drug-likeness (QED) is 0.606. The SMILES string of the molecule is Cc1nc(C2=CCN(Cc3ccc4c(c3)CN(N3CCC(=O)NC3=O)C4=O)CC2)c2ccsc2n1. The van der Waals surface area contributed by atoms with Gasteiger partial charge in [0, 0.05) is 37.0 Å². The number of aryl methyl sites for hydroxylation is 1. The van der Waals surface area contributed by atoms with Crippen LogP contribution >= 0.6 is 11.3 Å². The molecule has 35 heavy (non-hydrogen) atoms. The Morgan fingerprint density at radius 3 is 2.74 bits per heavy atom. The topological polar surface area (TPSA) is 98.7 Å². The number of amides is 4. The number of nitrogens with zero attached hydrogens (tertiary/aromatic N) is 5. The van der Waals surface area contributed by atoms with E-state index in [1.54, 1.807) is 11.3 Å². The second kappa shape index (κ2) is 8.54. The standard InChI is InChI=1S/C25H24N6O3S/c1-15-26-22(20-7-11-35-23(20)27-15)17-4-8-29(9-5-17)13-16-2-3-19-18(12-16)14-31(24(19)33)30-10-6-21(32)28-25(30)34/h2-4,7,11-12H,5-6,8-10,13-14H2,1H3,(H,28,32,34). The van der Waals surface area contributed by atoms with Crippen molar-refractivity contribution < 1.29 is 14.4 Å². The van der Waals surface area contributed by atoms with Crippen molar-refractivity contribution in [3.8, 4) is 0 Å². The van der Waals surface area contributed by atoms with Gasteiger partial charge in [-0.25, -0.2) is 24.8 Å². The molecule has 0 radical (unpaired) electrons. The van der Waals surface area contributed by atoms with Crippen LogP contribution in [0.25, 0.3) is 15.8 Å². The Morgan fingerprint density at radius 1 is 1.06 bits per heavy atom. The summed E-state index contributed by atoms with van der Waals surface area (Å²) in [6.07, 6.45) is 3.37. The largest absolute Gasteiger partial charge is 0.342 e. The first-order chi connectivity index (χ1) is 17.0.